The molecule has 120 valence electrons. The molecule has 22 heavy (non-hydrogen) atoms. The Labute approximate surface area is 130 Å². The highest BCUT2D eigenvalue weighted by molar-refractivity contribution is 5.92. The monoisotopic (exact) mass is 305 g/mol. The predicted octanol–water partition coefficient (Wildman–Crippen LogP) is 1.43. The van der Waals surface area contributed by atoms with E-state index in [0.29, 0.717) is 18.3 Å². The molecule has 0 spiro atoms. The molecule has 0 aliphatic carbocycles. The molecule has 0 radical (unpaired) electrons. The number of amides is 1. The van der Waals surface area contributed by atoms with Gasteiger partial charge in [-0.15, -0.1) is 0 Å². The van der Waals surface area contributed by atoms with Crippen LogP contribution in [0.3, 0.4) is 0 Å². The van der Waals surface area contributed by atoms with E-state index in [0.717, 1.165) is 37.4 Å². The Morgan fingerprint density at radius 1 is 1.32 bits per heavy atom. The van der Waals surface area contributed by atoms with Crippen LogP contribution in [0.15, 0.2) is 18.2 Å². The zero-order valence-electron chi connectivity index (χ0n) is 12.9. The van der Waals surface area contributed by atoms with Crippen molar-refractivity contribution in [1.82, 2.24) is 10.2 Å². The molecule has 1 atom stereocenters. The lowest BCUT2D eigenvalue weighted by Crippen LogP contribution is -2.38. The number of carbonyl (C=O) groups is 1. The average molecular weight is 305 g/mol. The minimum absolute atomic E-state index is 0.00132. The van der Waals surface area contributed by atoms with Gasteiger partial charge in [0.25, 0.3) is 0 Å². The molecule has 2 aliphatic heterocycles. The second-order valence-corrected chi connectivity index (χ2v) is 5.87. The van der Waals surface area contributed by atoms with E-state index in [4.69, 9.17) is 9.47 Å². The highest BCUT2D eigenvalue weighted by Crippen LogP contribution is 2.34. The normalized spacial score (nSPS) is 20.7. The number of anilines is 1. The molecule has 2 N–H and O–H groups in total. The van der Waals surface area contributed by atoms with Crippen molar-refractivity contribution in [2.75, 3.05) is 38.8 Å². The van der Waals surface area contributed by atoms with Gasteiger partial charge in [0.2, 0.25) is 12.7 Å². The molecule has 2 aliphatic rings. The number of nitrogens with zero attached hydrogens (tertiary/aromatic N) is 1. The molecule has 1 unspecified atom stereocenters. The number of hydrogen-bond donors (Lipinski definition) is 2. The SMILES string of the molecule is CN(CC(=O)Nc1ccc2c(c1)OCO2)C1CCCNCC1. The first kappa shape index (κ1) is 15.1. The van der Waals surface area contributed by atoms with Crippen LogP contribution in [-0.4, -0.2) is 50.3 Å². The summed E-state index contributed by atoms with van der Waals surface area (Å²) in [6, 6.07) is 5.92. The molecule has 2 heterocycles. The Balaban J connectivity index is 1.53. The molecule has 1 saturated heterocycles. The first-order chi connectivity index (χ1) is 10.7. The van der Waals surface area contributed by atoms with Crippen LogP contribution in [0.4, 0.5) is 5.69 Å². The maximum Gasteiger partial charge on any atom is 0.238 e. The van der Waals surface area contributed by atoms with Gasteiger partial charge in [0.15, 0.2) is 11.5 Å². The number of fused-ring (bicyclic) bond motifs is 1. The Morgan fingerprint density at radius 3 is 3.09 bits per heavy atom. The number of nitrogens with one attached hydrogen (secondary N) is 2. The maximum atomic E-state index is 12.2. The molecule has 1 aromatic rings. The van der Waals surface area contributed by atoms with Gasteiger partial charge in [-0.25, -0.2) is 0 Å². The zero-order valence-corrected chi connectivity index (χ0v) is 12.9. The van der Waals surface area contributed by atoms with Crippen LogP contribution in [0.2, 0.25) is 0 Å². The first-order valence-electron chi connectivity index (χ1n) is 7.83. The lowest BCUT2D eigenvalue weighted by Gasteiger charge is -2.26. The largest absolute Gasteiger partial charge is 0.454 e. The molecule has 0 aromatic heterocycles. The number of carbonyl (C=O) groups excluding carboxylic acids is 1. The van der Waals surface area contributed by atoms with E-state index in [2.05, 4.69) is 15.5 Å². The molecule has 1 fully saturated rings. The Kier molecular flexibility index (Phi) is 4.80. The average Bonchev–Trinajstić information content (AvgIpc) is 2.79. The third kappa shape index (κ3) is 3.69. The van der Waals surface area contributed by atoms with Gasteiger partial charge in [-0.05, 0) is 51.5 Å². The summed E-state index contributed by atoms with van der Waals surface area (Å²) in [4.78, 5) is 14.4. The van der Waals surface area contributed by atoms with E-state index < -0.39 is 0 Å². The van der Waals surface area contributed by atoms with Crippen molar-refractivity contribution in [3.8, 4) is 11.5 Å². The van der Waals surface area contributed by atoms with Crippen LogP contribution in [0.1, 0.15) is 19.3 Å². The van der Waals surface area contributed by atoms with Crippen molar-refractivity contribution >= 4 is 11.6 Å². The summed E-state index contributed by atoms with van der Waals surface area (Å²) in [7, 11) is 2.02. The van der Waals surface area contributed by atoms with Gasteiger partial charge in [-0.3, -0.25) is 9.69 Å². The first-order valence-corrected chi connectivity index (χ1v) is 7.83. The number of rotatable bonds is 4. The predicted molar refractivity (Wildman–Crippen MR) is 84.3 cm³/mol. The van der Waals surface area contributed by atoms with Crippen LogP contribution in [0.5, 0.6) is 11.5 Å². The Bertz CT molecular complexity index is 527. The Hall–Kier alpha value is -1.79. The number of benzene rings is 1. The van der Waals surface area contributed by atoms with Gasteiger partial charge in [-0.2, -0.15) is 0 Å². The highest BCUT2D eigenvalue weighted by Gasteiger charge is 2.19. The van der Waals surface area contributed by atoms with Crippen molar-refractivity contribution < 1.29 is 14.3 Å². The molecular weight excluding hydrogens is 282 g/mol. The fraction of sp³-hybridized carbons (Fsp3) is 0.562. The summed E-state index contributed by atoms with van der Waals surface area (Å²) in [6.07, 6.45) is 3.40. The second kappa shape index (κ2) is 6.98. The fourth-order valence-corrected chi connectivity index (χ4v) is 2.97. The summed E-state index contributed by atoms with van der Waals surface area (Å²) in [5, 5.41) is 6.32. The zero-order chi connectivity index (χ0) is 15.4. The van der Waals surface area contributed by atoms with E-state index in [1.165, 1.54) is 6.42 Å². The van der Waals surface area contributed by atoms with Gasteiger partial charge in [0.05, 0.1) is 6.54 Å². The Morgan fingerprint density at radius 2 is 2.18 bits per heavy atom. The summed E-state index contributed by atoms with van der Waals surface area (Å²) in [5.41, 5.74) is 0.741. The van der Waals surface area contributed by atoms with Crippen molar-refractivity contribution in [2.45, 2.75) is 25.3 Å². The van der Waals surface area contributed by atoms with E-state index in [1.54, 1.807) is 6.07 Å². The fourth-order valence-electron chi connectivity index (χ4n) is 2.97. The van der Waals surface area contributed by atoms with Crippen LogP contribution in [0, 0.1) is 0 Å². The van der Waals surface area contributed by atoms with Crippen LogP contribution < -0.4 is 20.1 Å². The van der Waals surface area contributed by atoms with Crippen molar-refractivity contribution in [3.63, 3.8) is 0 Å². The van der Waals surface area contributed by atoms with Crippen molar-refractivity contribution in [1.29, 1.82) is 0 Å². The van der Waals surface area contributed by atoms with Gasteiger partial charge in [0.1, 0.15) is 0 Å². The van der Waals surface area contributed by atoms with Crippen molar-refractivity contribution in [3.05, 3.63) is 18.2 Å². The molecule has 1 amide bonds. The van der Waals surface area contributed by atoms with Crippen LogP contribution >= 0.6 is 0 Å². The highest BCUT2D eigenvalue weighted by atomic mass is 16.7. The molecule has 6 nitrogen and oxygen atoms in total. The number of hydrogen-bond acceptors (Lipinski definition) is 5. The summed E-state index contributed by atoms with van der Waals surface area (Å²) >= 11 is 0. The number of likely N-dealkylation sites (N-methyl/N-ethyl adjacent to an activating group) is 1. The summed E-state index contributed by atoms with van der Waals surface area (Å²) in [5.74, 6) is 1.40. The standard InChI is InChI=1S/C16H23N3O3/c1-19(13-3-2-7-17-8-6-13)10-16(20)18-12-4-5-14-15(9-12)22-11-21-14/h4-5,9,13,17H,2-3,6-8,10-11H2,1H3,(H,18,20). The van der Waals surface area contributed by atoms with Crippen molar-refractivity contribution in [2.24, 2.45) is 0 Å². The van der Waals surface area contributed by atoms with Crippen LogP contribution in [0.25, 0.3) is 0 Å². The lowest BCUT2D eigenvalue weighted by molar-refractivity contribution is -0.117. The quantitative estimate of drug-likeness (QED) is 0.881. The minimum atomic E-state index is -0.00132. The molecule has 3 rings (SSSR count). The topological polar surface area (TPSA) is 62.8 Å². The van der Waals surface area contributed by atoms with E-state index >= 15 is 0 Å². The molecule has 1 aromatic carbocycles. The summed E-state index contributed by atoms with van der Waals surface area (Å²) in [6.45, 7) is 2.75. The number of ether oxygens (including phenoxy) is 2. The van der Waals surface area contributed by atoms with Gasteiger partial charge < -0.3 is 20.1 Å². The maximum absolute atomic E-state index is 12.2. The van der Waals surface area contributed by atoms with E-state index in [9.17, 15) is 4.79 Å². The second-order valence-electron chi connectivity index (χ2n) is 5.87. The van der Waals surface area contributed by atoms with Crippen LogP contribution in [-0.2, 0) is 4.79 Å². The third-order valence-electron chi connectivity index (χ3n) is 4.22. The van der Waals surface area contributed by atoms with Gasteiger partial charge in [-0.1, -0.05) is 0 Å². The third-order valence-corrected chi connectivity index (χ3v) is 4.22. The molecule has 0 bridgehead atoms. The molecule has 6 heteroatoms. The van der Waals surface area contributed by atoms with Gasteiger partial charge in [0, 0.05) is 17.8 Å². The van der Waals surface area contributed by atoms with E-state index in [1.807, 2.05) is 19.2 Å². The molecule has 0 saturated carbocycles. The van der Waals surface area contributed by atoms with Gasteiger partial charge >= 0.3 is 0 Å². The lowest BCUT2D eigenvalue weighted by atomic mass is 10.1. The molecular formula is C16H23N3O3. The summed E-state index contributed by atoms with van der Waals surface area (Å²) < 4.78 is 10.6. The smallest absolute Gasteiger partial charge is 0.238 e. The minimum Gasteiger partial charge on any atom is -0.454 e. The van der Waals surface area contributed by atoms with E-state index in [-0.39, 0.29) is 12.7 Å².